The molecule has 6 N–H and O–H groups in total. The number of hydrogen-bond donors (Lipinski definition) is 4. The van der Waals surface area contributed by atoms with Crippen molar-refractivity contribution in [2.24, 2.45) is 22.6 Å². The molecule has 3 atom stereocenters. The molecule has 0 radical (unpaired) electrons. The standard InChI is InChI=1S/C16H18BrN5O4/c1-7(23)13-12-5-11(14(16(25)26)21(12)15(13)24)8-2-9(17)4-10(3-8)22(19)20-6-18/h2-4,6-7,12-13,23H,5,19H2,1H3,(H2,18,20)(H,25,26). The number of β-lactam (4-membered cyclic amide) rings is 1. The minimum atomic E-state index is -1.19. The third-order valence-electron chi connectivity index (χ3n) is 4.62. The number of hydrogen-bond acceptors (Lipinski definition) is 6. The summed E-state index contributed by atoms with van der Waals surface area (Å²) in [4.78, 5) is 25.4. The molecular formula is C16H18BrN5O4. The number of halogens is 1. The molecule has 2 aliphatic rings. The van der Waals surface area contributed by atoms with E-state index in [0.717, 1.165) is 11.5 Å². The summed E-state index contributed by atoms with van der Waals surface area (Å²) in [5, 5.41) is 24.3. The lowest BCUT2D eigenvalue weighted by molar-refractivity contribution is -0.161. The molecule has 1 fully saturated rings. The topological polar surface area (TPSA) is 145 Å². The second kappa shape index (κ2) is 6.71. The van der Waals surface area contributed by atoms with E-state index in [1.165, 1.54) is 11.8 Å². The van der Waals surface area contributed by atoms with E-state index in [-0.39, 0.29) is 17.6 Å². The molecular weight excluding hydrogens is 406 g/mol. The third kappa shape index (κ3) is 2.85. The van der Waals surface area contributed by atoms with Crippen LogP contribution in [0, 0.1) is 5.92 Å². The Morgan fingerprint density at radius 2 is 2.19 bits per heavy atom. The first kappa shape index (κ1) is 18.4. The van der Waals surface area contributed by atoms with Crippen molar-refractivity contribution in [2.45, 2.75) is 25.5 Å². The average molecular weight is 424 g/mol. The number of carbonyl (C=O) groups excluding carboxylic acids is 1. The first-order valence-corrected chi connectivity index (χ1v) is 8.63. The molecule has 138 valence electrons. The van der Waals surface area contributed by atoms with E-state index in [9.17, 15) is 19.8 Å². The number of anilines is 1. The maximum absolute atomic E-state index is 12.3. The van der Waals surface area contributed by atoms with Crippen molar-refractivity contribution in [1.29, 1.82) is 0 Å². The van der Waals surface area contributed by atoms with E-state index >= 15 is 0 Å². The average Bonchev–Trinajstić information content (AvgIpc) is 2.89. The molecule has 0 bridgehead atoms. The van der Waals surface area contributed by atoms with Gasteiger partial charge in [0.2, 0.25) is 5.91 Å². The largest absolute Gasteiger partial charge is 0.477 e. The Kier molecular flexibility index (Phi) is 4.74. The van der Waals surface area contributed by atoms with Crippen LogP contribution < -0.4 is 16.7 Å². The fraction of sp³-hybridized carbons (Fsp3) is 0.312. The van der Waals surface area contributed by atoms with E-state index in [1.807, 2.05) is 0 Å². The van der Waals surface area contributed by atoms with Gasteiger partial charge in [-0.1, -0.05) is 15.9 Å². The number of fused-ring (bicyclic) bond motifs is 1. The highest BCUT2D eigenvalue weighted by Crippen LogP contribution is 2.47. The highest BCUT2D eigenvalue weighted by molar-refractivity contribution is 9.10. The van der Waals surface area contributed by atoms with Crippen molar-refractivity contribution in [2.75, 3.05) is 5.12 Å². The summed E-state index contributed by atoms with van der Waals surface area (Å²) in [5.41, 5.74) is 6.78. The van der Waals surface area contributed by atoms with Crippen molar-refractivity contribution >= 4 is 45.4 Å². The SMILES string of the molecule is CC(O)C1C(=O)N2C(C(=O)O)=C(c3cc(Br)cc(N(N)/N=C\N)c3)CC12. The molecule has 1 aromatic carbocycles. The van der Waals surface area contributed by atoms with Gasteiger partial charge in [0.25, 0.3) is 0 Å². The minimum Gasteiger partial charge on any atom is -0.477 e. The van der Waals surface area contributed by atoms with E-state index in [4.69, 9.17) is 11.6 Å². The molecule has 0 aliphatic carbocycles. The first-order valence-electron chi connectivity index (χ1n) is 7.83. The van der Waals surface area contributed by atoms with Gasteiger partial charge in [0.1, 0.15) is 12.0 Å². The van der Waals surface area contributed by atoms with Crippen molar-refractivity contribution in [3.05, 3.63) is 33.9 Å². The van der Waals surface area contributed by atoms with Gasteiger partial charge in [0.05, 0.1) is 23.8 Å². The molecule has 2 heterocycles. The van der Waals surface area contributed by atoms with Gasteiger partial charge in [-0.3, -0.25) is 4.79 Å². The predicted octanol–water partition coefficient (Wildman–Crippen LogP) is 0.438. The van der Waals surface area contributed by atoms with Crippen LogP contribution in [0.4, 0.5) is 5.69 Å². The van der Waals surface area contributed by atoms with E-state index in [0.29, 0.717) is 27.7 Å². The Morgan fingerprint density at radius 1 is 1.50 bits per heavy atom. The number of hydrazine groups is 1. The van der Waals surface area contributed by atoms with Crippen molar-refractivity contribution in [1.82, 2.24) is 4.90 Å². The van der Waals surface area contributed by atoms with Crippen LogP contribution in [0.5, 0.6) is 0 Å². The molecule has 2 aliphatic heterocycles. The van der Waals surface area contributed by atoms with Gasteiger partial charge >= 0.3 is 5.97 Å². The number of nitrogens with two attached hydrogens (primary N) is 2. The Balaban J connectivity index is 2.06. The smallest absolute Gasteiger partial charge is 0.352 e. The molecule has 26 heavy (non-hydrogen) atoms. The fourth-order valence-electron chi connectivity index (χ4n) is 3.55. The van der Waals surface area contributed by atoms with Crippen LogP contribution in [0.25, 0.3) is 5.57 Å². The van der Waals surface area contributed by atoms with E-state index < -0.39 is 18.0 Å². The second-order valence-electron chi connectivity index (χ2n) is 6.19. The molecule has 3 rings (SSSR count). The summed E-state index contributed by atoms with van der Waals surface area (Å²) in [5.74, 6) is 3.63. The molecule has 1 amide bonds. The Bertz CT molecular complexity index is 838. The van der Waals surface area contributed by atoms with Gasteiger partial charge < -0.3 is 20.8 Å². The number of carboxylic acids is 1. The van der Waals surface area contributed by atoms with Crippen LogP contribution in [0.15, 0.2) is 33.5 Å². The van der Waals surface area contributed by atoms with E-state index in [2.05, 4.69) is 21.0 Å². The zero-order valence-corrected chi connectivity index (χ0v) is 15.4. The van der Waals surface area contributed by atoms with Gasteiger partial charge in [-0.05, 0) is 42.7 Å². The van der Waals surface area contributed by atoms with Crippen LogP contribution in [-0.4, -0.2) is 45.5 Å². The van der Waals surface area contributed by atoms with Crippen LogP contribution in [-0.2, 0) is 9.59 Å². The lowest BCUT2D eigenvalue weighted by Gasteiger charge is -2.44. The maximum Gasteiger partial charge on any atom is 0.352 e. The minimum absolute atomic E-state index is 0.0631. The molecule has 0 saturated carbocycles. The highest BCUT2D eigenvalue weighted by Gasteiger charge is 2.56. The van der Waals surface area contributed by atoms with Crippen LogP contribution in [0.2, 0.25) is 0 Å². The van der Waals surface area contributed by atoms with E-state index in [1.54, 1.807) is 18.2 Å². The summed E-state index contributed by atoms with van der Waals surface area (Å²) in [6.07, 6.45) is 0.536. The molecule has 1 saturated heterocycles. The summed E-state index contributed by atoms with van der Waals surface area (Å²) in [6, 6.07) is 4.76. The monoisotopic (exact) mass is 423 g/mol. The number of hydrazone groups is 1. The van der Waals surface area contributed by atoms with Gasteiger partial charge in [0, 0.05) is 4.47 Å². The van der Waals surface area contributed by atoms with Crippen molar-refractivity contribution in [3.63, 3.8) is 0 Å². The number of aliphatic carboxylic acids is 1. The fourth-order valence-corrected chi connectivity index (χ4v) is 4.03. The number of aliphatic hydroxyl groups is 1. The normalized spacial score (nSPS) is 23.2. The maximum atomic E-state index is 12.3. The summed E-state index contributed by atoms with van der Waals surface area (Å²) >= 11 is 3.37. The van der Waals surface area contributed by atoms with Crippen LogP contribution >= 0.6 is 15.9 Å². The summed E-state index contributed by atoms with van der Waals surface area (Å²) in [6.45, 7) is 1.53. The Labute approximate surface area is 157 Å². The number of amides is 1. The quantitative estimate of drug-likeness (QED) is 0.176. The number of carboxylic acid groups (broad SMARTS) is 1. The summed E-state index contributed by atoms with van der Waals surface area (Å²) in [7, 11) is 0. The number of benzene rings is 1. The molecule has 10 heteroatoms. The van der Waals surface area contributed by atoms with Gasteiger partial charge in [-0.2, -0.15) is 5.12 Å². The molecule has 1 aromatic rings. The number of rotatable bonds is 5. The van der Waals surface area contributed by atoms with Gasteiger partial charge in [0.15, 0.2) is 0 Å². The van der Waals surface area contributed by atoms with Crippen LogP contribution in [0.3, 0.4) is 0 Å². The zero-order valence-electron chi connectivity index (χ0n) is 13.8. The molecule has 0 aromatic heterocycles. The second-order valence-corrected chi connectivity index (χ2v) is 7.10. The molecule has 3 unspecified atom stereocenters. The zero-order chi connectivity index (χ0) is 19.2. The van der Waals surface area contributed by atoms with Crippen molar-refractivity contribution < 1.29 is 19.8 Å². The summed E-state index contributed by atoms with van der Waals surface area (Å²) < 4.78 is 0.664. The third-order valence-corrected chi connectivity index (χ3v) is 5.08. The number of nitrogens with zero attached hydrogens (tertiary/aromatic N) is 3. The predicted molar refractivity (Wildman–Crippen MR) is 98.5 cm³/mol. The molecule has 9 nitrogen and oxygen atoms in total. The van der Waals surface area contributed by atoms with Gasteiger partial charge in [-0.15, -0.1) is 5.10 Å². The number of aliphatic hydroxyl groups excluding tert-OH is 1. The molecule has 0 spiro atoms. The Morgan fingerprint density at radius 3 is 2.77 bits per heavy atom. The Hall–Kier alpha value is -2.43. The lowest BCUT2D eigenvalue weighted by Crippen LogP contribution is -2.61. The lowest BCUT2D eigenvalue weighted by atomic mass is 9.82. The first-order chi connectivity index (χ1) is 12.3. The number of carbonyl (C=O) groups is 2. The highest BCUT2D eigenvalue weighted by atomic mass is 79.9. The van der Waals surface area contributed by atoms with Gasteiger partial charge in [-0.25, -0.2) is 10.6 Å². The van der Waals surface area contributed by atoms with Crippen molar-refractivity contribution in [3.8, 4) is 0 Å². The van der Waals surface area contributed by atoms with Crippen LogP contribution in [0.1, 0.15) is 18.9 Å².